The number of carbonyl (C=O) groups is 1. The van der Waals surface area contributed by atoms with Crippen molar-refractivity contribution >= 4 is 11.7 Å². The number of aryl methyl sites for hydroxylation is 1. The van der Waals surface area contributed by atoms with Gasteiger partial charge in [0.15, 0.2) is 0 Å². The zero-order valence-electron chi connectivity index (χ0n) is 13.5. The Hall–Kier alpha value is -1.51. The molecule has 0 aromatic heterocycles. The van der Waals surface area contributed by atoms with Gasteiger partial charge in [0.1, 0.15) is 0 Å². The Morgan fingerprint density at radius 2 is 1.91 bits per heavy atom. The number of hydrogen-bond acceptors (Lipinski definition) is 1. The lowest BCUT2D eigenvalue weighted by molar-refractivity contribution is 0.244. The lowest BCUT2D eigenvalue weighted by Gasteiger charge is -2.25. The van der Waals surface area contributed by atoms with Gasteiger partial charge in [0.05, 0.1) is 0 Å². The predicted molar refractivity (Wildman–Crippen MR) is 91.3 cm³/mol. The minimum atomic E-state index is 0.0881. The van der Waals surface area contributed by atoms with Crippen molar-refractivity contribution < 1.29 is 4.79 Å². The molecule has 0 spiro atoms. The highest BCUT2D eigenvalue weighted by Crippen LogP contribution is 2.27. The molecule has 22 heavy (non-hydrogen) atoms. The van der Waals surface area contributed by atoms with Crippen LogP contribution >= 0.6 is 0 Å². The molecular weight excluding hydrogens is 272 g/mol. The molecule has 3 nitrogen and oxygen atoms in total. The number of nitrogens with one attached hydrogen (secondary N) is 1. The van der Waals surface area contributed by atoms with E-state index in [2.05, 4.69) is 23.5 Å². The molecular formula is C19H28N2O. The maximum absolute atomic E-state index is 12.6. The molecule has 1 heterocycles. The number of fused-ring (bicyclic) bond motifs is 1. The Balaban J connectivity index is 1.55. The topological polar surface area (TPSA) is 32.3 Å². The van der Waals surface area contributed by atoms with Crippen LogP contribution in [0.25, 0.3) is 0 Å². The summed E-state index contributed by atoms with van der Waals surface area (Å²) >= 11 is 0. The van der Waals surface area contributed by atoms with E-state index in [9.17, 15) is 4.79 Å². The van der Waals surface area contributed by atoms with Crippen molar-refractivity contribution in [2.75, 3.05) is 18.0 Å². The third-order valence-electron chi connectivity index (χ3n) is 5.16. The molecule has 2 amide bonds. The average molecular weight is 300 g/mol. The SMILES string of the molecule is O=C(NCCC1CCCCC1)N1CCCCc2ccccc21. The Morgan fingerprint density at radius 3 is 2.77 bits per heavy atom. The summed E-state index contributed by atoms with van der Waals surface area (Å²) in [4.78, 5) is 14.5. The number of amides is 2. The number of anilines is 1. The standard InChI is InChI=1S/C19H28N2O/c22-19(20-14-13-16-8-2-1-3-9-16)21-15-7-6-11-17-10-4-5-12-18(17)21/h4-5,10,12,16H,1-3,6-9,11,13-15H2,(H,20,22). The van der Waals surface area contributed by atoms with Crippen molar-refractivity contribution in [1.82, 2.24) is 5.32 Å². The van der Waals surface area contributed by atoms with E-state index in [1.807, 2.05) is 11.0 Å². The van der Waals surface area contributed by atoms with E-state index >= 15 is 0 Å². The van der Waals surface area contributed by atoms with Crippen molar-refractivity contribution in [3.8, 4) is 0 Å². The summed E-state index contributed by atoms with van der Waals surface area (Å²) in [5.41, 5.74) is 2.41. The van der Waals surface area contributed by atoms with Crippen molar-refractivity contribution in [3.63, 3.8) is 0 Å². The molecule has 0 atom stereocenters. The second kappa shape index (κ2) is 7.66. The molecule has 120 valence electrons. The van der Waals surface area contributed by atoms with E-state index in [1.54, 1.807) is 0 Å². The number of benzene rings is 1. The molecule has 0 bridgehead atoms. The maximum atomic E-state index is 12.6. The van der Waals surface area contributed by atoms with Gasteiger partial charge >= 0.3 is 6.03 Å². The van der Waals surface area contributed by atoms with Gasteiger partial charge < -0.3 is 5.32 Å². The Morgan fingerprint density at radius 1 is 1.09 bits per heavy atom. The zero-order valence-corrected chi connectivity index (χ0v) is 13.5. The molecule has 1 aromatic carbocycles. The Labute approximate surface area is 134 Å². The van der Waals surface area contributed by atoms with Crippen LogP contribution in [0, 0.1) is 5.92 Å². The third-order valence-corrected chi connectivity index (χ3v) is 5.16. The first-order valence-corrected chi connectivity index (χ1v) is 8.98. The molecule has 1 N–H and O–H groups in total. The molecule has 0 saturated heterocycles. The minimum Gasteiger partial charge on any atom is -0.338 e. The highest BCUT2D eigenvalue weighted by Gasteiger charge is 2.21. The van der Waals surface area contributed by atoms with Gasteiger partial charge in [-0.05, 0) is 43.2 Å². The van der Waals surface area contributed by atoms with Crippen LogP contribution in [0.2, 0.25) is 0 Å². The first-order valence-electron chi connectivity index (χ1n) is 8.98. The number of para-hydroxylation sites is 1. The molecule has 0 unspecified atom stereocenters. The molecule has 1 aliphatic carbocycles. The number of urea groups is 1. The van der Waals surface area contributed by atoms with Gasteiger partial charge in [-0.1, -0.05) is 50.3 Å². The van der Waals surface area contributed by atoms with Crippen LogP contribution in [0.1, 0.15) is 56.9 Å². The van der Waals surface area contributed by atoms with Crippen LogP contribution in [0.3, 0.4) is 0 Å². The maximum Gasteiger partial charge on any atom is 0.321 e. The summed E-state index contributed by atoms with van der Waals surface area (Å²) in [7, 11) is 0. The fourth-order valence-corrected chi connectivity index (χ4v) is 3.86. The summed E-state index contributed by atoms with van der Waals surface area (Å²) in [6.45, 7) is 1.66. The van der Waals surface area contributed by atoms with E-state index in [-0.39, 0.29) is 6.03 Å². The second-order valence-corrected chi connectivity index (χ2v) is 6.76. The van der Waals surface area contributed by atoms with Crippen LogP contribution < -0.4 is 10.2 Å². The van der Waals surface area contributed by atoms with E-state index in [0.717, 1.165) is 44.0 Å². The van der Waals surface area contributed by atoms with E-state index < -0.39 is 0 Å². The summed E-state index contributed by atoms with van der Waals surface area (Å²) in [6, 6.07) is 8.44. The highest BCUT2D eigenvalue weighted by atomic mass is 16.2. The summed E-state index contributed by atoms with van der Waals surface area (Å²) < 4.78 is 0. The monoisotopic (exact) mass is 300 g/mol. The zero-order chi connectivity index (χ0) is 15.2. The van der Waals surface area contributed by atoms with Gasteiger partial charge in [0.2, 0.25) is 0 Å². The predicted octanol–water partition coefficient (Wildman–Crippen LogP) is 4.51. The van der Waals surface area contributed by atoms with Crippen LogP contribution in [0.15, 0.2) is 24.3 Å². The quantitative estimate of drug-likeness (QED) is 0.875. The summed E-state index contributed by atoms with van der Waals surface area (Å²) in [5, 5.41) is 3.16. The largest absolute Gasteiger partial charge is 0.338 e. The van der Waals surface area contributed by atoms with E-state index in [4.69, 9.17) is 0 Å². The second-order valence-electron chi connectivity index (χ2n) is 6.76. The summed E-state index contributed by atoms with van der Waals surface area (Å²) in [6.07, 6.45) is 11.3. The molecule has 1 aliphatic heterocycles. The van der Waals surface area contributed by atoms with Crippen molar-refractivity contribution in [2.24, 2.45) is 5.92 Å². The van der Waals surface area contributed by atoms with Gasteiger partial charge in [-0.25, -0.2) is 4.79 Å². The number of nitrogens with zero attached hydrogens (tertiary/aromatic N) is 1. The van der Waals surface area contributed by atoms with Crippen molar-refractivity contribution in [2.45, 2.75) is 57.8 Å². The van der Waals surface area contributed by atoms with Crippen molar-refractivity contribution in [3.05, 3.63) is 29.8 Å². The van der Waals surface area contributed by atoms with Crippen LogP contribution in [-0.2, 0) is 6.42 Å². The average Bonchev–Trinajstić information content (AvgIpc) is 2.78. The highest BCUT2D eigenvalue weighted by molar-refractivity contribution is 5.92. The van der Waals surface area contributed by atoms with Gasteiger partial charge in [-0.3, -0.25) is 4.90 Å². The normalized spacial score (nSPS) is 19.4. The van der Waals surface area contributed by atoms with Crippen LogP contribution in [0.5, 0.6) is 0 Å². The van der Waals surface area contributed by atoms with Gasteiger partial charge in [-0.15, -0.1) is 0 Å². The van der Waals surface area contributed by atoms with Crippen LogP contribution in [0.4, 0.5) is 10.5 Å². The first-order chi connectivity index (χ1) is 10.8. The van der Waals surface area contributed by atoms with Gasteiger partial charge in [0, 0.05) is 18.8 Å². The number of hydrogen-bond donors (Lipinski definition) is 1. The van der Waals surface area contributed by atoms with Gasteiger partial charge in [0.25, 0.3) is 0 Å². The fourth-order valence-electron chi connectivity index (χ4n) is 3.86. The van der Waals surface area contributed by atoms with E-state index in [0.29, 0.717) is 0 Å². The molecule has 3 heteroatoms. The summed E-state index contributed by atoms with van der Waals surface area (Å²) in [5.74, 6) is 0.825. The lowest BCUT2D eigenvalue weighted by Crippen LogP contribution is -2.41. The van der Waals surface area contributed by atoms with Crippen LogP contribution in [-0.4, -0.2) is 19.1 Å². The molecule has 1 aromatic rings. The smallest absolute Gasteiger partial charge is 0.321 e. The Kier molecular flexibility index (Phi) is 5.36. The third kappa shape index (κ3) is 3.82. The molecule has 1 fully saturated rings. The number of rotatable bonds is 3. The Bertz CT molecular complexity index is 494. The number of carbonyl (C=O) groups excluding carboxylic acids is 1. The lowest BCUT2D eigenvalue weighted by atomic mass is 9.87. The van der Waals surface area contributed by atoms with Gasteiger partial charge in [-0.2, -0.15) is 0 Å². The molecule has 0 radical (unpaired) electrons. The molecule has 3 rings (SSSR count). The van der Waals surface area contributed by atoms with E-state index in [1.165, 1.54) is 44.1 Å². The first kappa shape index (κ1) is 15.4. The minimum absolute atomic E-state index is 0.0881. The van der Waals surface area contributed by atoms with Crippen molar-refractivity contribution in [1.29, 1.82) is 0 Å². The molecule has 2 aliphatic rings. The molecule has 1 saturated carbocycles. The fraction of sp³-hybridized carbons (Fsp3) is 0.632.